The number of imidazole rings is 1. The summed E-state index contributed by atoms with van der Waals surface area (Å²) in [6.45, 7) is 2.96. The number of carbonyl (C=O) groups excluding carboxylic acids is 1. The van der Waals surface area contributed by atoms with E-state index in [1.807, 2.05) is 72.2 Å². The van der Waals surface area contributed by atoms with Crippen molar-refractivity contribution in [3.05, 3.63) is 66.6 Å². The summed E-state index contributed by atoms with van der Waals surface area (Å²) in [6, 6.07) is 15.4. The molecule has 1 aromatic carbocycles. The first-order valence-corrected chi connectivity index (χ1v) is 7.31. The number of fused-ring (bicyclic) bond motifs is 1. The normalized spacial score (nSPS) is 10.6. The zero-order chi connectivity index (χ0) is 15.4. The number of pyridine rings is 1. The molecule has 0 aliphatic carbocycles. The highest BCUT2D eigenvalue weighted by molar-refractivity contribution is 5.91. The molecule has 3 aromatic rings. The molecule has 2 amide bonds. The predicted octanol–water partition coefficient (Wildman–Crippen LogP) is 3.07. The van der Waals surface area contributed by atoms with Gasteiger partial charge in [-0.25, -0.2) is 9.78 Å². The lowest BCUT2D eigenvalue weighted by molar-refractivity contribution is 0.246. The topological polar surface area (TPSA) is 49.6 Å². The highest BCUT2D eigenvalue weighted by Crippen LogP contribution is 2.17. The quantitative estimate of drug-likeness (QED) is 0.804. The standard InChI is InChI=1S/C17H18N4O/c1-2-18-17(22)21(14-8-4-3-5-9-14)13-15-12-19-16-10-6-7-11-20(15)16/h3-12H,2,13H2,1H3,(H,18,22). The lowest BCUT2D eigenvalue weighted by Crippen LogP contribution is -2.39. The molecule has 0 saturated carbocycles. The maximum Gasteiger partial charge on any atom is 0.322 e. The number of benzene rings is 1. The van der Waals surface area contributed by atoms with Crippen molar-refractivity contribution < 1.29 is 4.79 Å². The van der Waals surface area contributed by atoms with Crippen LogP contribution in [0.4, 0.5) is 10.5 Å². The third kappa shape index (κ3) is 2.79. The van der Waals surface area contributed by atoms with Gasteiger partial charge in [-0.3, -0.25) is 4.90 Å². The average Bonchev–Trinajstić information content (AvgIpc) is 2.97. The highest BCUT2D eigenvalue weighted by Gasteiger charge is 2.17. The summed E-state index contributed by atoms with van der Waals surface area (Å²) in [5, 5.41) is 2.86. The summed E-state index contributed by atoms with van der Waals surface area (Å²) in [6.07, 6.45) is 3.77. The van der Waals surface area contributed by atoms with E-state index in [-0.39, 0.29) is 6.03 Å². The second kappa shape index (κ2) is 6.30. The maximum atomic E-state index is 12.4. The molecule has 5 nitrogen and oxygen atoms in total. The van der Waals surface area contributed by atoms with Crippen LogP contribution in [0.1, 0.15) is 12.6 Å². The van der Waals surface area contributed by atoms with Gasteiger partial charge in [0.05, 0.1) is 18.4 Å². The van der Waals surface area contributed by atoms with Crippen LogP contribution in [0, 0.1) is 0 Å². The van der Waals surface area contributed by atoms with E-state index >= 15 is 0 Å². The number of hydrogen-bond donors (Lipinski definition) is 1. The molecule has 5 heteroatoms. The summed E-state index contributed by atoms with van der Waals surface area (Å²) in [4.78, 5) is 18.5. The molecule has 0 spiro atoms. The fraction of sp³-hybridized carbons (Fsp3) is 0.176. The van der Waals surface area contributed by atoms with Crippen molar-refractivity contribution in [1.29, 1.82) is 0 Å². The molecule has 1 N–H and O–H groups in total. The Balaban J connectivity index is 1.94. The monoisotopic (exact) mass is 294 g/mol. The Bertz CT molecular complexity index is 766. The van der Waals surface area contributed by atoms with Gasteiger partial charge in [0, 0.05) is 18.4 Å². The highest BCUT2D eigenvalue weighted by atomic mass is 16.2. The molecular formula is C17H18N4O. The Kier molecular flexibility index (Phi) is 4.05. The van der Waals surface area contributed by atoms with E-state index in [1.54, 1.807) is 4.90 Å². The van der Waals surface area contributed by atoms with Gasteiger partial charge in [-0.1, -0.05) is 24.3 Å². The van der Waals surface area contributed by atoms with E-state index in [9.17, 15) is 4.79 Å². The maximum absolute atomic E-state index is 12.4. The zero-order valence-electron chi connectivity index (χ0n) is 12.4. The van der Waals surface area contributed by atoms with E-state index in [4.69, 9.17) is 0 Å². The van der Waals surface area contributed by atoms with Crippen molar-refractivity contribution in [1.82, 2.24) is 14.7 Å². The van der Waals surface area contributed by atoms with Crippen LogP contribution in [0.2, 0.25) is 0 Å². The summed E-state index contributed by atoms with van der Waals surface area (Å²) in [5.41, 5.74) is 2.70. The molecule has 0 aliphatic heterocycles. The number of urea groups is 1. The number of anilines is 1. The smallest absolute Gasteiger partial charge is 0.322 e. The summed E-state index contributed by atoms with van der Waals surface area (Å²) in [7, 11) is 0. The van der Waals surface area contributed by atoms with Crippen LogP contribution in [0.5, 0.6) is 0 Å². The average molecular weight is 294 g/mol. The van der Waals surface area contributed by atoms with Gasteiger partial charge in [0.2, 0.25) is 0 Å². The van der Waals surface area contributed by atoms with E-state index in [0.29, 0.717) is 13.1 Å². The number of nitrogens with one attached hydrogen (secondary N) is 1. The van der Waals surface area contributed by atoms with E-state index in [1.165, 1.54) is 0 Å². The van der Waals surface area contributed by atoms with Crippen LogP contribution < -0.4 is 10.2 Å². The third-order valence-electron chi connectivity index (χ3n) is 3.45. The van der Waals surface area contributed by atoms with Gasteiger partial charge in [-0.15, -0.1) is 0 Å². The van der Waals surface area contributed by atoms with Gasteiger partial charge in [-0.2, -0.15) is 0 Å². The van der Waals surface area contributed by atoms with Crippen LogP contribution in [0.25, 0.3) is 5.65 Å². The Morgan fingerprint density at radius 3 is 2.73 bits per heavy atom. The molecule has 0 bridgehead atoms. The minimum atomic E-state index is -0.111. The van der Waals surface area contributed by atoms with E-state index < -0.39 is 0 Å². The van der Waals surface area contributed by atoms with Gasteiger partial charge >= 0.3 is 6.03 Å². The van der Waals surface area contributed by atoms with Crippen molar-refractivity contribution in [2.24, 2.45) is 0 Å². The number of aromatic nitrogens is 2. The first-order valence-electron chi connectivity index (χ1n) is 7.31. The second-order valence-electron chi connectivity index (χ2n) is 4.94. The predicted molar refractivity (Wildman–Crippen MR) is 86.9 cm³/mol. The molecule has 2 heterocycles. The number of rotatable bonds is 4. The van der Waals surface area contributed by atoms with Crippen LogP contribution in [-0.4, -0.2) is 22.0 Å². The van der Waals surface area contributed by atoms with Crippen LogP contribution in [0.15, 0.2) is 60.9 Å². The number of hydrogen-bond acceptors (Lipinski definition) is 2. The van der Waals surface area contributed by atoms with Crippen molar-refractivity contribution in [2.45, 2.75) is 13.5 Å². The Morgan fingerprint density at radius 2 is 1.95 bits per heavy atom. The van der Waals surface area contributed by atoms with Crippen LogP contribution >= 0.6 is 0 Å². The zero-order valence-corrected chi connectivity index (χ0v) is 12.4. The Morgan fingerprint density at radius 1 is 1.18 bits per heavy atom. The van der Waals surface area contributed by atoms with Gasteiger partial charge < -0.3 is 9.72 Å². The minimum absolute atomic E-state index is 0.111. The SMILES string of the molecule is CCNC(=O)N(Cc1cnc2ccccn12)c1ccccc1. The lowest BCUT2D eigenvalue weighted by atomic mass is 10.3. The van der Waals surface area contributed by atoms with Crippen molar-refractivity contribution in [2.75, 3.05) is 11.4 Å². The first kappa shape index (κ1) is 14.1. The number of carbonyl (C=O) groups is 1. The minimum Gasteiger partial charge on any atom is -0.338 e. The van der Waals surface area contributed by atoms with Gasteiger partial charge in [0.25, 0.3) is 0 Å². The fourth-order valence-corrected chi connectivity index (χ4v) is 2.40. The molecule has 0 aliphatic rings. The molecule has 22 heavy (non-hydrogen) atoms. The van der Waals surface area contributed by atoms with Crippen molar-refractivity contribution in [3.63, 3.8) is 0 Å². The molecule has 0 atom stereocenters. The molecule has 0 saturated heterocycles. The summed E-state index contributed by atoms with van der Waals surface area (Å²) >= 11 is 0. The number of amides is 2. The van der Waals surface area contributed by atoms with Gasteiger partial charge in [0.1, 0.15) is 5.65 Å². The third-order valence-corrected chi connectivity index (χ3v) is 3.45. The summed E-state index contributed by atoms with van der Waals surface area (Å²) in [5.74, 6) is 0. The van der Waals surface area contributed by atoms with Gasteiger partial charge in [0.15, 0.2) is 0 Å². The number of para-hydroxylation sites is 1. The Hall–Kier alpha value is -2.82. The summed E-state index contributed by atoms with van der Waals surface area (Å²) < 4.78 is 2.00. The molecule has 2 aromatic heterocycles. The molecule has 0 fully saturated rings. The van der Waals surface area contributed by atoms with E-state index in [2.05, 4.69) is 10.3 Å². The largest absolute Gasteiger partial charge is 0.338 e. The molecule has 0 radical (unpaired) electrons. The second-order valence-corrected chi connectivity index (χ2v) is 4.94. The van der Waals surface area contributed by atoms with Crippen molar-refractivity contribution >= 4 is 17.4 Å². The van der Waals surface area contributed by atoms with Crippen LogP contribution in [-0.2, 0) is 6.54 Å². The molecular weight excluding hydrogens is 276 g/mol. The van der Waals surface area contributed by atoms with Crippen LogP contribution in [0.3, 0.4) is 0 Å². The molecule has 3 rings (SSSR count). The molecule has 0 unspecified atom stereocenters. The fourth-order valence-electron chi connectivity index (χ4n) is 2.40. The van der Waals surface area contributed by atoms with Gasteiger partial charge in [-0.05, 0) is 31.2 Å². The lowest BCUT2D eigenvalue weighted by Gasteiger charge is -2.22. The van der Waals surface area contributed by atoms with E-state index in [0.717, 1.165) is 17.0 Å². The molecule has 112 valence electrons. The first-order chi connectivity index (χ1) is 10.8. The Labute approximate surface area is 129 Å². The van der Waals surface area contributed by atoms with Crippen molar-refractivity contribution in [3.8, 4) is 0 Å². The number of nitrogens with zero attached hydrogens (tertiary/aromatic N) is 3.